The van der Waals surface area contributed by atoms with Gasteiger partial charge in [0.05, 0.1) is 0 Å². The first-order chi connectivity index (χ1) is 6.59. The molecule has 4 nitrogen and oxygen atoms in total. The van der Waals surface area contributed by atoms with Crippen LogP contribution in [0.5, 0.6) is 0 Å². The van der Waals surface area contributed by atoms with E-state index in [0.717, 1.165) is 11.1 Å². The molecule has 0 fully saturated rings. The summed E-state index contributed by atoms with van der Waals surface area (Å²) in [6.45, 7) is 3.25. The minimum atomic E-state index is -0.486. The first-order valence-electron chi connectivity index (χ1n) is 4.17. The van der Waals surface area contributed by atoms with Crippen LogP contribution in [0.15, 0.2) is 29.4 Å². The van der Waals surface area contributed by atoms with E-state index in [2.05, 4.69) is 9.99 Å². The average molecular weight is 192 g/mol. The van der Waals surface area contributed by atoms with E-state index in [4.69, 9.17) is 5.73 Å². The molecule has 4 heteroatoms. The quantitative estimate of drug-likeness (QED) is 0.331. The van der Waals surface area contributed by atoms with Crippen molar-refractivity contribution in [3.05, 3.63) is 35.4 Å². The maximum Gasteiger partial charge on any atom is 0.332 e. The summed E-state index contributed by atoms with van der Waals surface area (Å²) in [5, 5.41) is 3.47. The number of carbonyl (C=O) groups is 1. The highest BCUT2D eigenvalue weighted by atomic mass is 16.7. The van der Waals surface area contributed by atoms with Crippen molar-refractivity contribution in [1.29, 1.82) is 0 Å². The lowest BCUT2D eigenvalue weighted by Gasteiger charge is -1.99. The Kier molecular flexibility index (Phi) is 3.23. The Morgan fingerprint density at radius 3 is 2.43 bits per heavy atom. The van der Waals surface area contributed by atoms with Gasteiger partial charge in [-0.2, -0.15) is 0 Å². The first-order valence-corrected chi connectivity index (χ1v) is 4.17. The van der Waals surface area contributed by atoms with Gasteiger partial charge < -0.3 is 10.6 Å². The van der Waals surface area contributed by atoms with Gasteiger partial charge in [0.15, 0.2) is 5.84 Å². The van der Waals surface area contributed by atoms with E-state index in [9.17, 15) is 4.79 Å². The van der Waals surface area contributed by atoms with Gasteiger partial charge in [-0.25, -0.2) is 4.79 Å². The molecule has 0 bridgehead atoms. The minimum Gasteiger partial charge on any atom is -0.380 e. The number of carbonyl (C=O) groups excluding carboxylic acids is 1. The fourth-order valence-electron chi connectivity index (χ4n) is 0.890. The Morgan fingerprint density at radius 1 is 1.36 bits per heavy atom. The van der Waals surface area contributed by atoms with Crippen LogP contribution in [0.3, 0.4) is 0 Å². The van der Waals surface area contributed by atoms with Crippen molar-refractivity contribution in [2.24, 2.45) is 10.9 Å². The van der Waals surface area contributed by atoms with Gasteiger partial charge in [-0.1, -0.05) is 35.0 Å². The summed E-state index contributed by atoms with van der Waals surface area (Å²) < 4.78 is 0. The molecule has 0 spiro atoms. The van der Waals surface area contributed by atoms with Crippen molar-refractivity contribution in [1.82, 2.24) is 0 Å². The van der Waals surface area contributed by atoms with E-state index in [1.165, 1.54) is 6.92 Å². The summed E-state index contributed by atoms with van der Waals surface area (Å²) in [5.41, 5.74) is 7.43. The second kappa shape index (κ2) is 4.41. The van der Waals surface area contributed by atoms with Gasteiger partial charge in [0.2, 0.25) is 0 Å². The number of hydrogen-bond donors (Lipinski definition) is 1. The largest absolute Gasteiger partial charge is 0.380 e. The highest BCUT2D eigenvalue weighted by molar-refractivity contribution is 5.97. The smallest absolute Gasteiger partial charge is 0.332 e. The Morgan fingerprint density at radius 2 is 1.93 bits per heavy atom. The van der Waals surface area contributed by atoms with E-state index < -0.39 is 5.97 Å². The molecule has 0 aliphatic heterocycles. The fourth-order valence-corrected chi connectivity index (χ4v) is 0.890. The van der Waals surface area contributed by atoms with Crippen molar-refractivity contribution < 1.29 is 9.63 Å². The highest BCUT2D eigenvalue weighted by Crippen LogP contribution is 2.02. The zero-order chi connectivity index (χ0) is 10.6. The van der Waals surface area contributed by atoms with Gasteiger partial charge in [-0.3, -0.25) is 0 Å². The predicted molar refractivity (Wildman–Crippen MR) is 53.7 cm³/mol. The lowest BCUT2D eigenvalue weighted by molar-refractivity contribution is -0.140. The van der Waals surface area contributed by atoms with Crippen molar-refractivity contribution in [2.75, 3.05) is 0 Å². The molecule has 1 aromatic rings. The zero-order valence-corrected chi connectivity index (χ0v) is 8.15. The Labute approximate surface area is 82.4 Å². The summed E-state index contributed by atoms with van der Waals surface area (Å²) in [6, 6.07) is 7.45. The summed E-state index contributed by atoms with van der Waals surface area (Å²) >= 11 is 0. The summed E-state index contributed by atoms with van der Waals surface area (Å²) in [6.07, 6.45) is 0. The molecule has 0 aliphatic rings. The van der Waals surface area contributed by atoms with Crippen LogP contribution < -0.4 is 5.73 Å². The molecule has 0 aliphatic carbocycles. The lowest BCUT2D eigenvalue weighted by Crippen LogP contribution is -2.14. The molecule has 0 amide bonds. The maximum atomic E-state index is 10.4. The highest BCUT2D eigenvalue weighted by Gasteiger charge is 1.98. The van der Waals surface area contributed by atoms with Crippen molar-refractivity contribution >= 4 is 11.8 Å². The van der Waals surface area contributed by atoms with Crippen LogP contribution in [0.25, 0.3) is 0 Å². The fraction of sp³-hybridized carbons (Fsp3) is 0.200. The molecule has 1 aromatic carbocycles. The lowest BCUT2D eigenvalue weighted by atomic mass is 10.1. The first kappa shape index (κ1) is 10.2. The third kappa shape index (κ3) is 2.90. The molecule has 0 unspecified atom stereocenters. The van der Waals surface area contributed by atoms with Crippen molar-refractivity contribution in [2.45, 2.75) is 13.8 Å². The number of amidine groups is 1. The molecular weight excluding hydrogens is 180 g/mol. The molecule has 2 N–H and O–H groups in total. The SMILES string of the molecule is CC(=O)O/N=C(\N)c1ccc(C)cc1. The third-order valence-corrected chi connectivity index (χ3v) is 1.62. The molecule has 0 saturated carbocycles. The van der Waals surface area contributed by atoms with Crippen LogP contribution in [0.1, 0.15) is 18.1 Å². The predicted octanol–water partition coefficient (Wildman–Crippen LogP) is 1.18. The molecule has 0 atom stereocenters. The van der Waals surface area contributed by atoms with E-state index in [1.54, 1.807) is 0 Å². The zero-order valence-electron chi connectivity index (χ0n) is 8.15. The second-order valence-electron chi connectivity index (χ2n) is 2.93. The number of benzene rings is 1. The monoisotopic (exact) mass is 192 g/mol. The Balaban J connectivity index is 2.78. The summed E-state index contributed by atoms with van der Waals surface area (Å²) in [5.74, 6) is -0.291. The standard InChI is InChI=1S/C10H12N2O2/c1-7-3-5-9(6-4-7)10(11)12-14-8(2)13/h3-6H,1-2H3,(H2,11,12). The molecule has 0 heterocycles. The van der Waals surface area contributed by atoms with Crippen molar-refractivity contribution in [3.8, 4) is 0 Å². The molecule has 0 saturated heterocycles. The molecule has 14 heavy (non-hydrogen) atoms. The molecule has 0 aromatic heterocycles. The van der Waals surface area contributed by atoms with Crippen molar-refractivity contribution in [3.63, 3.8) is 0 Å². The number of nitrogens with two attached hydrogens (primary N) is 1. The summed E-state index contributed by atoms with van der Waals surface area (Å²) in [7, 11) is 0. The van der Waals surface area contributed by atoms with E-state index in [1.807, 2.05) is 31.2 Å². The summed E-state index contributed by atoms with van der Waals surface area (Å²) in [4.78, 5) is 14.9. The van der Waals surface area contributed by atoms with Crippen LogP contribution >= 0.6 is 0 Å². The van der Waals surface area contributed by atoms with Crippen LogP contribution in [-0.2, 0) is 9.63 Å². The number of oxime groups is 1. The van der Waals surface area contributed by atoms with Gasteiger partial charge in [-0.15, -0.1) is 0 Å². The molecular formula is C10H12N2O2. The van der Waals surface area contributed by atoms with E-state index in [0.29, 0.717) is 0 Å². The van der Waals surface area contributed by atoms with Gasteiger partial charge in [0.1, 0.15) is 0 Å². The second-order valence-corrected chi connectivity index (χ2v) is 2.93. The molecule has 1 rings (SSSR count). The maximum absolute atomic E-state index is 10.4. The van der Waals surface area contributed by atoms with Crippen LogP contribution in [0, 0.1) is 6.92 Å². The molecule has 74 valence electrons. The van der Waals surface area contributed by atoms with Gasteiger partial charge in [0, 0.05) is 12.5 Å². The Hall–Kier alpha value is -1.84. The third-order valence-electron chi connectivity index (χ3n) is 1.62. The number of nitrogens with zero attached hydrogens (tertiary/aromatic N) is 1. The topological polar surface area (TPSA) is 64.7 Å². The number of aryl methyl sites for hydroxylation is 1. The average Bonchev–Trinajstić information content (AvgIpc) is 2.15. The van der Waals surface area contributed by atoms with Gasteiger partial charge >= 0.3 is 5.97 Å². The van der Waals surface area contributed by atoms with Gasteiger partial charge in [0.25, 0.3) is 0 Å². The van der Waals surface area contributed by atoms with Crippen LogP contribution in [0.4, 0.5) is 0 Å². The number of rotatable bonds is 2. The normalized spacial score (nSPS) is 11.1. The minimum absolute atomic E-state index is 0.195. The van der Waals surface area contributed by atoms with E-state index in [-0.39, 0.29) is 5.84 Å². The Bertz CT molecular complexity index is 355. The number of hydrogen-bond acceptors (Lipinski definition) is 3. The van der Waals surface area contributed by atoms with Crippen LogP contribution in [0.2, 0.25) is 0 Å². The van der Waals surface area contributed by atoms with E-state index >= 15 is 0 Å². The van der Waals surface area contributed by atoms with Crippen LogP contribution in [-0.4, -0.2) is 11.8 Å². The molecule has 0 radical (unpaired) electrons. The van der Waals surface area contributed by atoms with Gasteiger partial charge in [-0.05, 0) is 6.92 Å².